The molecule has 14 atom stereocenters. The van der Waals surface area contributed by atoms with E-state index in [2.05, 4.69) is 28.9 Å². The van der Waals surface area contributed by atoms with Gasteiger partial charge in [-0.15, -0.1) is 0 Å². The minimum absolute atomic E-state index is 0.0239. The third-order valence-corrected chi connectivity index (χ3v) is 20.6. The summed E-state index contributed by atoms with van der Waals surface area (Å²) in [5.74, 6) is -1.73. The van der Waals surface area contributed by atoms with Crippen LogP contribution in [0.4, 0.5) is 0 Å². The highest BCUT2D eigenvalue weighted by atomic mass is 32.2. The maximum absolute atomic E-state index is 14.7. The van der Waals surface area contributed by atoms with E-state index in [1.807, 2.05) is 0 Å². The highest BCUT2D eigenvalue weighted by Crippen LogP contribution is 2.37. The molecule has 0 spiro atoms. The van der Waals surface area contributed by atoms with Gasteiger partial charge in [0, 0.05) is 25.3 Å². The molecule has 6 N–H and O–H groups in total. The average molecular weight is 1280 g/mol. The van der Waals surface area contributed by atoms with Crippen molar-refractivity contribution in [2.75, 3.05) is 13.2 Å². The highest BCUT2D eigenvalue weighted by Gasteiger charge is 2.58. The minimum atomic E-state index is -4.84. The number of esters is 2. The van der Waals surface area contributed by atoms with E-state index in [0.29, 0.717) is 16.7 Å². The van der Waals surface area contributed by atoms with Crippen LogP contribution in [0, 0.1) is 27.7 Å². The molecule has 2 aliphatic heterocycles. The molecule has 30 heteroatoms. The molecule has 1 aliphatic carbocycles. The lowest BCUT2D eigenvalue weighted by atomic mass is 9.81. The monoisotopic (exact) mass is 1280 g/mol. The van der Waals surface area contributed by atoms with Gasteiger partial charge < -0.3 is 43.4 Å². The number of azide groups is 1. The number of aryl methyl sites for hydroxylation is 4. The number of carbonyl (C=O) groups excluding carboxylic acids is 2. The van der Waals surface area contributed by atoms with Crippen LogP contribution in [-0.2, 0) is 89.4 Å². The second-order valence-electron chi connectivity index (χ2n) is 21.4. The van der Waals surface area contributed by atoms with Crippen molar-refractivity contribution in [1.82, 2.24) is 18.9 Å². The quantitative estimate of drug-likeness (QED) is 0.0222. The number of carbonyl (C=O) groups is 2. The normalized spacial score (nSPS) is 27.1. The Labute approximate surface area is 505 Å². The molecule has 470 valence electrons. The molecular weight excluding hydrogens is 1210 g/mol. The number of hydrogen-bond acceptors (Lipinski definition) is 20. The molecule has 8 rings (SSSR count). The van der Waals surface area contributed by atoms with E-state index >= 15 is 0 Å². The Morgan fingerprint density at radius 3 is 1.49 bits per heavy atom. The first-order valence-electron chi connectivity index (χ1n) is 27.5. The van der Waals surface area contributed by atoms with Gasteiger partial charge in [-0.05, 0) is 100 Å². The van der Waals surface area contributed by atoms with Gasteiger partial charge in [-0.1, -0.05) is 106 Å². The van der Waals surface area contributed by atoms with Gasteiger partial charge in [0.15, 0.2) is 12.6 Å². The zero-order valence-corrected chi connectivity index (χ0v) is 51.3. The average Bonchev–Trinajstić information content (AvgIpc) is 0.873. The number of ether oxygens (including phenoxy) is 7. The van der Waals surface area contributed by atoms with Crippen LogP contribution in [0.25, 0.3) is 10.4 Å². The van der Waals surface area contributed by atoms with Crippen molar-refractivity contribution in [2.45, 2.75) is 166 Å². The molecule has 0 radical (unpaired) electrons. The van der Waals surface area contributed by atoms with Crippen molar-refractivity contribution in [2.24, 2.45) is 5.11 Å². The van der Waals surface area contributed by atoms with E-state index in [0.717, 1.165) is 25.0 Å². The van der Waals surface area contributed by atoms with E-state index < -0.39 is 151 Å². The summed E-state index contributed by atoms with van der Waals surface area (Å²) in [5, 5.41) is 30.2. The first kappa shape index (κ1) is 66.7. The third kappa shape index (κ3) is 16.9. The van der Waals surface area contributed by atoms with Crippen LogP contribution in [-0.4, -0.2) is 155 Å². The number of sulfonamides is 4. The second kappa shape index (κ2) is 28.5. The fourth-order valence-electron chi connectivity index (χ4n) is 10.1. The van der Waals surface area contributed by atoms with E-state index in [9.17, 15) is 59.0 Å². The fraction of sp³-hybridized carbons (Fsp3) is 0.439. The molecule has 0 amide bonds. The highest BCUT2D eigenvalue weighted by molar-refractivity contribution is 7.90. The lowest BCUT2D eigenvalue weighted by Gasteiger charge is -2.51. The molecule has 0 aromatic heterocycles. The van der Waals surface area contributed by atoms with Crippen LogP contribution in [0.3, 0.4) is 0 Å². The Balaban J connectivity index is 1.27. The predicted molar refractivity (Wildman–Crippen MR) is 311 cm³/mol. The van der Waals surface area contributed by atoms with Crippen molar-refractivity contribution in [3.05, 3.63) is 166 Å². The molecule has 7 unspecified atom stereocenters. The zero-order valence-electron chi connectivity index (χ0n) is 48.1. The van der Waals surface area contributed by atoms with Crippen molar-refractivity contribution in [1.29, 1.82) is 0 Å². The largest absolute Gasteiger partial charge is 0.463 e. The molecule has 2 saturated heterocycles. The Kier molecular flexibility index (Phi) is 21.8. The summed E-state index contributed by atoms with van der Waals surface area (Å²) < 4.78 is 168. The summed E-state index contributed by atoms with van der Waals surface area (Å²) >= 11 is 0. The van der Waals surface area contributed by atoms with E-state index in [1.54, 1.807) is 82.3 Å². The smallest absolute Gasteiger partial charge is 0.303 e. The van der Waals surface area contributed by atoms with Gasteiger partial charge >= 0.3 is 11.9 Å². The number of nitrogens with zero attached hydrogens (tertiary/aromatic N) is 3. The Bertz CT molecular complexity index is 3700. The summed E-state index contributed by atoms with van der Waals surface area (Å²) in [5.41, 5.74) is 13.4. The van der Waals surface area contributed by atoms with E-state index in [-0.39, 0.29) is 39.0 Å². The van der Waals surface area contributed by atoms with Crippen LogP contribution in [0.1, 0.15) is 54.5 Å². The van der Waals surface area contributed by atoms with Crippen molar-refractivity contribution in [3.8, 4) is 0 Å². The van der Waals surface area contributed by atoms with Gasteiger partial charge in [-0.3, -0.25) is 9.59 Å². The minimum Gasteiger partial charge on any atom is -0.463 e. The molecule has 5 aromatic rings. The first-order chi connectivity index (χ1) is 41.1. The van der Waals surface area contributed by atoms with Gasteiger partial charge in [0.25, 0.3) is 0 Å². The predicted octanol–water partition coefficient (Wildman–Crippen LogP) is 3.73. The summed E-state index contributed by atoms with van der Waals surface area (Å²) in [4.78, 5) is 27.1. The topological polar surface area (TPSA) is 373 Å². The molecule has 3 fully saturated rings. The number of benzene rings is 5. The van der Waals surface area contributed by atoms with Crippen LogP contribution in [0.15, 0.2) is 152 Å². The molecule has 3 aliphatic rings. The molecular formula is C57H69N7O19S4. The zero-order chi connectivity index (χ0) is 63.0. The summed E-state index contributed by atoms with van der Waals surface area (Å²) in [7, 11) is -18.4. The van der Waals surface area contributed by atoms with Crippen LogP contribution in [0.5, 0.6) is 0 Å². The second-order valence-corrected chi connectivity index (χ2v) is 28.3. The number of rotatable bonds is 24. The van der Waals surface area contributed by atoms with Crippen molar-refractivity contribution in [3.63, 3.8) is 0 Å². The standard InChI is InChI=1S/C57H69N7O19S4/c1-33-12-21-41(22-13-33)84(69,70)59-30-40-20-29-45(61-85(71,72)42-23-14-34(2)15-24-42)56(80-40)82-53-47(62-86(73,74)43-25-16-35(3)17-26-43)50(67)48(63-87(75,76)44-27-18-36(4)19-28-44)54(51(53)68)83-57-55(78-31-39-10-8-7-9-11-39)49(60-64-58)52(79-38(6)66)46(81-57)32-77-37(5)65/h7-19,21-28,40,45-57,59,61-63,67-68H,20,29-32H2,1-6H3/t40?,45?,46?,47-,48+,49-,50?,51?,52+,53?,54-,55?,56+,57+/m0/s1. The fourth-order valence-corrected chi connectivity index (χ4v) is 15.0. The van der Waals surface area contributed by atoms with Gasteiger partial charge in [0.2, 0.25) is 40.1 Å². The summed E-state index contributed by atoms with van der Waals surface area (Å²) in [6.45, 7) is 7.63. The van der Waals surface area contributed by atoms with Gasteiger partial charge in [0.05, 0.1) is 56.5 Å². The molecule has 87 heavy (non-hydrogen) atoms. The number of nitrogens with one attached hydrogen (secondary N) is 4. The molecule has 0 bridgehead atoms. The van der Waals surface area contributed by atoms with Crippen molar-refractivity contribution < 1.29 is 86.6 Å². The molecule has 5 aromatic carbocycles. The van der Waals surface area contributed by atoms with E-state index in [4.69, 9.17) is 33.2 Å². The molecule has 2 heterocycles. The lowest BCUT2D eigenvalue weighted by Crippen LogP contribution is -2.74. The Morgan fingerprint density at radius 2 is 1.03 bits per heavy atom. The number of aliphatic hydroxyl groups is 2. The number of hydrogen-bond donors (Lipinski definition) is 6. The van der Waals surface area contributed by atoms with Crippen LogP contribution in [0.2, 0.25) is 0 Å². The molecule has 26 nitrogen and oxygen atoms in total. The third-order valence-electron chi connectivity index (χ3n) is 14.7. The Morgan fingerprint density at radius 1 is 0.575 bits per heavy atom. The Hall–Kier alpha value is -6.29. The molecule has 1 saturated carbocycles. The van der Waals surface area contributed by atoms with Crippen LogP contribution >= 0.6 is 0 Å². The maximum Gasteiger partial charge on any atom is 0.303 e. The summed E-state index contributed by atoms with van der Waals surface area (Å²) in [6.07, 6.45) is -19.2. The van der Waals surface area contributed by atoms with Crippen LogP contribution < -0.4 is 18.9 Å². The van der Waals surface area contributed by atoms with Gasteiger partial charge in [-0.25, -0.2) is 52.6 Å². The van der Waals surface area contributed by atoms with Gasteiger partial charge in [-0.2, -0.15) is 0 Å². The maximum atomic E-state index is 14.7. The number of aliphatic hydroxyl groups excluding tert-OH is 2. The van der Waals surface area contributed by atoms with Crippen molar-refractivity contribution >= 4 is 52.0 Å². The van der Waals surface area contributed by atoms with Gasteiger partial charge in [0.1, 0.15) is 49.3 Å². The summed E-state index contributed by atoms with van der Waals surface area (Å²) in [6, 6.07) is 23.8. The first-order valence-corrected chi connectivity index (χ1v) is 33.4. The SMILES string of the molecule is CC(=O)OCC1O[C@H](O[C@@H]2C(O)C(O[C@H]3OC(CNS(=O)(=O)c4ccc(C)cc4)CCC3NS(=O)(=O)c3ccc(C)cc3)[C@@H](NS(=O)(=O)c3ccc(C)cc3)C(O)[C@H]2NS(=O)(=O)c2ccc(C)cc2)C(OCc2ccccc2)[C@@H](N=[N+]=[N-])[C@@H]1OC(C)=O. The van der Waals surface area contributed by atoms with E-state index in [1.165, 1.54) is 72.8 Å². The lowest BCUT2D eigenvalue weighted by molar-refractivity contribution is -0.326.